The Morgan fingerprint density at radius 2 is 0.547 bits per heavy atom. The summed E-state index contributed by atoms with van der Waals surface area (Å²) >= 11 is 0. The van der Waals surface area contributed by atoms with Crippen molar-refractivity contribution in [3.63, 3.8) is 0 Å². The van der Waals surface area contributed by atoms with Crippen LogP contribution in [0.25, 0.3) is 165 Å². The first kappa shape index (κ1) is 70.8. The molecule has 0 fully saturated rings. The lowest BCUT2D eigenvalue weighted by molar-refractivity contribution is 0.589. The Balaban J connectivity index is 1.04. The van der Waals surface area contributed by atoms with E-state index in [2.05, 4.69) is 371 Å². The van der Waals surface area contributed by atoms with E-state index < -0.39 is 96.1 Å². The second kappa shape index (κ2) is 31.9. The second-order valence-electron chi connectivity index (χ2n) is 43.8. The van der Waals surface area contributed by atoms with E-state index in [0.717, 1.165) is 150 Å². The molecule has 18 aromatic carbocycles. The van der Waals surface area contributed by atoms with Crippen LogP contribution in [0.1, 0.15) is 179 Å². The largest absolute Gasteiger partial charge is 0.310 e. The highest BCUT2D eigenvalue weighted by molar-refractivity contribution is 7.00. The second-order valence-corrected chi connectivity index (χ2v) is 43.8. The van der Waals surface area contributed by atoms with E-state index >= 15 is 0 Å². The Morgan fingerprint density at radius 1 is 0.219 bits per heavy atom. The average molecular weight is 1790 g/mol. The fourth-order valence-electron chi connectivity index (χ4n) is 21.3. The zero-order valence-electron chi connectivity index (χ0n) is 96.1. The van der Waals surface area contributed by atoms with Gasteiger partial charge in [-0.2, -0.15) is 0 Å². The number of para-hydroxylation sites is 4. The van der Waals surface area contributed by atoms with Crippen LogP contribution in [0.5, 0.6) is 0 Å². The predicted molar refractivity (Wildman–Crippen MR) is 592 cm³/mol. The summed E-state index contributed by atoms with van der Waals surface area (Å²) < 4.78 is 155. The third kappa shape index (κ3) is 14.6. The van der Waals surface area contributed by atoms with Crippen molar-refractivity contribution in [3.05, 3.63) is 415 Å². The SMILES string of the molecule is [2H]c1c([2H])c([2H])c2c(c1[2H])c1c([2H])c([2H])c([2H])c([2H])c1n2-c1ccc2c(c1)N(c1c(-c3cccc(C(C)(C)C)c3)cc(C(C)(C)C)cc1-c1cccc(C(C)(C)C)c1)c1cc(-c3cc(-c4ccccc4)cc(-c4ccccc4)c3)cc3c1B2c1cc2c4ccccc4c4ccccc4c4c([2H])c([2H])c([2H])c5c6c([2H])c([2H])c([2H])c([2H])c6n(c2cc1N3c1c(-c2cccc(C(C)(C)C)c2)cc(C(C)(C)C)cc1-c1cccc(C(C)(C)C)c1)c45. The Morgan fingerprint density at radius 3 is 0.956 bits per heavy atom. The van der Waals surface area contributed by atoms with Crippen LogP contribution in [0.15, 0.2) is 382 Å². The Labute approximate surface area is 829 Å². The molecule has 668 valence electrons. The summed E-state index contributed by atoms with van der Waals surface area (Å²) in [5, 5.41) is 3.46. The Hall–Kier alpha value is -14.8. The number of rotatable bonds is 10. The maximum absolute atomic E-state index is 10.7. The van der Waals surface area contributed by atoms with Crippen LogP contribution in [0, 0.1) is 0 Å². The third-order valence-corrected chi connectivity index (χ3v) is 28.7. The number of anilines is 6. The summed E-state index contributed by atoms with van der Waals surface area (Å²) in [4.78, 5) is 4.96. The number of hydrogen-bond donors (Lipinski definition) is 0. The van der Waals surface area contributed by atoms with Gasteiger partial charge in [0.05, 0.1) is 59.5 Å². The summed E-state index contributed by atoms with van der Waals surface area (Å²) in [5.74, 6) is 0. The summed E-state index contributed by atoms with van der Waals surface area (Å²) in [6.07, 6.45) is 0. The molecule has 0 radical (unpaired) electrons. The standard InChI is InChI=1S/C132H117BN4/c1-127(2,3)92-48-35-44-84(69-92)108-75-96(131(13,14)15)76-109(85-45-36-49-93(70-85)128(4,5)6)125(108)136-119-79-98(134-115-61-32-29-56-103(115)104-57-30-33-62-116(104)134)64-65-113(119)133-114-80-112-102-55-28-26-53-100(102)99-52-25-27-54-101(99)106-59-39-60-107-105-58-31-34-63-117(105)135(124(106)107)118(112)81-120(114)137(122-74-91(73-121(136)123(122)133)90-67-88(82-40-21-19-22-41-82)66-89(68-90)83-42-23-20-24-43-83)126-110(86-46-37-50-94(71-86)129(7,8)9)77-97(132(16,17)18)78-111(126)87-47-38-51-95(72-87)130(10,11)12/h19-81H,1-18H3/i29D,30D,31D,32D,33D,34D,39D,56D,57D,58D,59D,60D,61D,62D,63D. The van der Waals surface area contributed by atoms with Gasteiger partial charge in [-0.05, 0) is 250 Å². The molecule has 0 unspecified atom stereocenters. The fourth-order valence-corrected chi connectivity index (χ4v) is 21.3. The van der Waals surface area contributed by atoms with Crippen LogP contribution in [-0.4, -0.2) is 15.7 Å². The lowest BCUT2D eigenvalue weighted by atomic mass is 9.33. The molecule has 2 aliphatic heterocycles. The molecule has 23 rings (SSSR count). The molecule has 21 aromatic rings. The van der Waals surface area contributed by atoms with E-state index in [0.29, 0.717) is 49.8 Å². The summed E-state index contributed by atoms with van der Waals surface area (Å²) in [6.45, 7) is 39.6. The van der Waals surface area contributed by atoms with Gasteiger partial charge in [0.15, 0.2) is 0 Å². The first-order valence-corrected chi connectivity index (χ1v) is 47.9. The molecule has 0 amide bonds. The number of fused-ring (bicyclic) bond motifs is 17. The van der Waals surface area contributed by atoms with E-state index in [4.69, 9.17) is 0 Å². The van der Waals surface area contributed by atoms with Gasteiger partial charge < -0.3 is 18.8 Å². The van der Waals surface area contributed by atoms with Gasteiger partial charge in [-0.1, -0.05) is 416 Å². The number of benzene rings is 18. The van der Waals surface area contributed by atoms with E-state index in [1.54, 1.807) is 4.57 Å². The molecule has 0 atom stereocenters. The highest BCUT2D eigenvalue weighted by Gasteiger charge is 2.47. The van der Waals surface area contributed by atoms with E-state index in [-0.39, 0.29) is 82.7 Å². The van der Waals surface area contributed by atoms with Crippen molar-refractivity contribution >= 4 is 139 Å². The predicted octanol–water partition coefficient (Wildman–Crippen LogP) is 34.9. The van der Waals surface area contributed by atoms with Gasteiger partial charge in [-0.3, -0.25) is 0 Å². The molecular weight excluding hydrogens is 1650 g/mol. The Bertz CT molecular complexity index is 9280. The molecule has 5 heteroatoms. The van der Waals surface area contributed by atoms with Crippen molar-refractivity contribution < 1.29 is 20.6 Å². The van der Waals surface area contributed by atoms with Crippen molar-refractivity contribution in [1.29, 1.82) is 0 Å². The smallest absolute Gasteiger partial charge is 0.252 e. The van der Waals surface area contributed by atoms with Gasteiger partial charge in [-0.15, -0.1) is 0 Å². The van der Waals surface area contributed by atoms with Gasteiger partial charge in [0, 0.05) is 83.0 Å². The maximum Gasteiger partial charge on any atom is 0.252 e. The van der Waals surface area contributed by atoms with Gasteiger partial charge in [0.25, 0.3) is 6.71 Å². The molecule has 0 aliphatic carbocycles. The lowest BCUT2D eigenvalue weighted by Crippen LogP contribution is -2.61. The van der Waals surface area contributed by atoms with Crippen LogP contribution in [0.4, 0.5) is 34.1 Å². The lowest BCUT2D eigenvalue weighted by Gasteiger charge is -2.46. The number of hydrogen-bond acceptors (Lipinski definition) is 2. The number of nitrogens with zero attached hydrogens (tertiary/aromatic N) is 4. The van der Waals surface area contributed by atoms with E-state index in [1.807, 2.05) is 59.0 Å². The quantitative estimate of drug-likeness (QED) is 0.127. The maximum atomic E-state index is 10.7. The Kier molecular flexibility index (Phi) is 16.5. The van der Waals surface area contributed by atoms with Crippen molar-refractivity contribution in [2.75, 3.05) is 9.80 Å². The summed E-state index contributed by atoms with van der Waals surface area (Å²) in [7, 11) is 0. The van der Waals surface area contributed by atoms with Crippen molar-refractivity contribution in [2.45, 2.75) is 157 Å². The van der Waals surface area contributed by atoms with Crippen LogP contribution in [-0.2, 0) is 32.5 Å². The molecule has 3 aromatic heterocycles. The van der Waals surface area contributed by atoms with Gasteiger partial charge >= 0.3 is 0 Å². The molecule has 137 heavy (non-hydrogen) atoms. The van der Waals surface area contributed by atoms with Crippen LogP contribution < -0.4 is 26.2 Å². The highest BCUT2D eigenvalue weighted by atomic mass is 15.2. The van der Waals surface area contributed by atoms with E-state index in [9.17, 15) is 20.6 Å². The van der Waals surface area contributed by atoms with Gasteiger partial charge in [0.2, 0.25) is 0 Å². The third-order valence-electron chi connectivity index (χ3n) is 28.7. The van der Waals surface area contributed by atoms with E-state index in [1.165, 1.54) is 0 Å². The monoisotopic (exact) mass is 1780 g/mol. The minimum Gasteiger partial charge on any atom is -0.310 e. The molecule has 4 nitrogen and oxygen atoms in total. The van der Waals surface area contributed by atoms with Crippen LogP contribution in [0.3, 0.4) is 0 Å². The summed E-state index contributed by atoms with van der Waals surface area (Å²) in [6, 6.07) is 97.4. The molecule has 0 saturated heterocycles. The molecular formula is C132H117BN4. The zero-order chi connectivity index (χ0) is 107. The fraction of sp³-hybridized carbons (Fsp3) is 0.182. The molecule has 0 spiro atoms. The minimum atomic E-state index is -0.929. The van der Waals surface area contributed by atoms with Crippen molar-refractivity contribution in [2.24, 2.45) is 0 Å². The van der Waals surface area contributed by atoms with Gasteiger partial charge in [-0.25, -0.2) is 0 Å². The topological polar surface area (TPSA) is 15.8 Å². The molecule has 0 N–H and O–H groups in total. The molecule has 2 aliphatic rings. The first-order valence-electron chi connectivity index (χ1n) is 55.4. The zero-order valence-corrected chi connectivity index (χ0v) is 81.1. The van der Waals surface area contributed by atoms with Crippen LogP contribution in [0.2, 0.25) is 0 Å². The van der Waals surface area contributed by atoms with Crippen molar-refractivity contribution in [1.82, 2.24) is 8.97 Å². The molecule has 5 heterocycles. The molecule has 0 saturated carbocycles. The molecule has 0 bridgehead atoms. The van der Waals surface area contributed by atoms with Crippen LogP contribution >= 0.6 is 0 Å². The van der Waals surface area contributed by atoms with Gasteiger partial charge in [0.1, 0.15) is 0 Å². The minimum absolute atomic E-state index is 0.0145. The average Bonchev–Trinajstić information content (AvgIpc) is 1.41. The summed E-state index contributed by atoms with van der Waals surface area (Å²) in [5.41, 5.74) is 23.8. The first-order chi connectivity index (χ1) is 72.0. The number of aromatic nitrogens is 2. The normalized spacial score (nSPS) is 14.7. The highest BCUT2D eigenvalue weighted by Crippen LogP contribution is 2.58. The van der Waals surface area contributed by atoms with Crippen molar-refractivity contribution in [3.8, 4) is 83.6 Å².